The smallest absolute Gasteiger partial charge is 0.143 e. The summed E-state index contributed by atoms with van der Waals surface area (Å²) in [5.74, 6) is 0.341. The lowest BCUT2D eigenvalue weighted by Crippen LogP contribution is -2.41. The molecule has 0 aromatic rings. The topological polar surface area (TPSA) is 83.1 Å². The van der Waals surface area contributed by atoms with E-state index in [-0.39, 0.29) is 11.8 Å². The van der Waals surface area contributed by atoms with Gasteiger partial charge in [-0.15, -0.1) is 0 Å². The quantitative estimate of drug-likeness (QED) is 0.185. The lowest BCUT2D eigenvalue weighted by atomic mass is 10.1. The number of ether oxygens (including phenoxy) is 1. The SMILES string of the molecule is CC(CNCCN1CCOCC1)C(N)=NO. The minimum absolute atomic E-state index is 0.0645. The summed E-state index contributed by atoms with van der Waals surface area (Å²) in [5, 5.41) is 14.8. The zero-order valence-corrected chi connectivity index (χ0v) is 9.85. The summed E-state index contributed by atoms with van der Waals surface area (Å²) in [6, 6.07) is 0. The second-order valence-electron chi connectivity index (χ2n) is 4.08. The molecule has 0 radical (unpaired) electrons. The Morgan fingerprint density at radius 3 is 2.88 bits per heavy atom. The Hall–Kier alpha value is -0.850. The van der Waals surface area contributed by atoms with Gasteiger partial charge in [-0.1, -0.05) is 12.1 Å². The third-order valence-corrected chi connectivity index (χ3v) is 2.78. The molecule has 6 nitrogen and oxygen atoms in total. The van der Waals surface area contributed by atoms with Crippen LogP contribution in [0.3, 0.4) is 0 Å². The largest absolute Gasteiger partial charge is 0.409 e. The van der Waals surface area contributed by atoms with Crippen molar-refractivity contribution in [2.75, 3.05) is 45.9 Å². The van der Waals surface area contributed by atoms with Crippen LogP contribution in [0.5, 0.6) is 0 Å². The van der Waals surface area contributed by atoms with Gasteiger partial charge in [-0.25, -0.2) is 0 Å². The van der Waals surface area contributed by atoms with Gasteiger partial charge < -0.3 is 21.0 Å². The molecule has 1 atom stereocenters. The number of oxime groups is 1. The zero-order valence-electron chi connectivity index (χ0n) is 9.85. The van der Waals surface area contributed by atoms with E-state index in [1.54, 1.807) is 0 Å². The summed E-state index contributed by atoms with van der Waals surface area (Å²) < 4.78 is 5.27. The summed E-state index contributed by atoms with van der Waals surface area (Å²) in [5.41, 5.74) is 5.47. The number of nitrogens with zero attached hydrogens (tertiary/aromatic N) is 2. The van der Waals surface area contributed by atoms with Crippen LogP contribution < -0.4 is 11.1 Å². The molecule has 0 amide bonds. The lowest BCUT2D eigenvalue weighted by molar-refractivity contribution is 0.0384. The van der Waals surface area contributed by atoms with E-state index in [1.807, 2.05) is 6.92 Å². The highest BCUT2D eigenvalue weighted by atomic mass is 16.5. The number of nitrogens with one attached hydrogen (secondary N) is 1. The Morgan fingerprint density at radius 2 is 2.25 bits per heavy atom. The first kappa shape index (κ1) is 13.2. The molecular weight excluding hydrogens is 208 g/mol. The fourth-order valence-electron chi connectivity index (χ4n) is 1.58. The van der Waals surface area contributed by atoms with E-state index in [2.05, 4.69) is 15.4 Å². The van der Waals surface area contributed by atoms with Crippen molar-refractivity contribution in [3.8, 4) is 0 Å². The molecule has 1 unspecified atom stereocenters. The van der Waals surface area contributed by atoms with Crippen LogP contribution in [0.4, 0.5) is 0 Å². The average molecular weight is 230 g/mol. The number of amidine groups is 1. The van der Waals surface area contributed by atoms with E-state index in [9.17, 15) is 0 Å². The third-order valence-electron chi connectivity index (χ3n) is 2.78. The minimum Gasteiger partial charge on any atom is -0.409 e. The summed E-state index contributed by atoms with van der Waals surface area (Å²) in [7, 11) is 0. The molecular formula is C10H22N4O2. The van der Waals surface area contributed by atoms with Crippen LogP contribution in [0.1, 0.15) is 6.92 Å². The molecule has 0 aromatic heterocycles. The molecule has 0 spiro atoms. The molecule has 0 aromatic carbocycles. The van der Waals surface area contributed by atoms with E-state index in [0.717, 1.165) is 45.9 Å². The van der Waals surface area contributed by atoms with Crippen molar-refractivity contribution in [2.24, 2.45) is 16.8 Å². The van der Waals surface area contributed by atoms with Crippen LogP contribution >= 0.6 is 0 Å². The molecule has 0 aliphatic carbocycles. The molecule has 1 aliphatic rings. The van der Waals surface area contributed by atoms with Gasteiger partial charge in [-0.05, 0) is 0 Å². The van der Waals surface area contributed by atoms with Gasteiger partial charge in [0.25, 0.3) is 0 Å². The first-order chi connectivity index (χ1) is 7.74. The number of morpholine rings is 1. The van der Waals surface area contributed by atoms with Crippen molar-refractivity contribution in [3.05, 3.63) is 0 Å². The van der Waals surface area contributed by atoms with Gasteiger partial charge in [-0.3, -0.25) is 4.90 Å². The molecule has 1 rings (SSSR count). The van der Waals surface area contributed by atoms with E-state index in [1.165, 1.54) is 0 Å². The van der Waals surface area contributed by atoms with Crippen LogP contribution in [0.2, 0.25) is 0 Å². The third kappa shape index (κ3) is 4.78. The van der Waals surface area contributed by atoms with Gasteiger partial charge in [0.1, 0.15) is 5.84 Å². The number of rotatable bonds is 6. The lowest BCUT2D eigenvalue weighted by Gasteiger charge is -2.26. The molecule has 1 heterocycles. The van der Waals surface area contributed by atoms with Crippen molar-refractivity contribution in [3.63, 3.8) is 0 Å². The van der Waals surface area contributed by atoms with E-state index in [0.29, 0.717) is 0 Å². The predicted molar refractivity (Wildman–Crippen MR) is 62.7 cm³/mol. The standard InChI is InChI=1S/C10H22N4O2/c1-9(10(11)13-15)8-12-2-3-14-4-6-16-7-5-14/h9,12,15H,2-8H2,1H3,(H2,11,13). The molecule has 1 aliphatic heterocycles. The maximum atomic E-state index is 8.48. The Labute approximate surface area is 96.4 Å². The fourth-order valence-corrected chi connectivity index (χ4v) is 1.58. The van der Waals surface area contributed by atoms with E-state index >= 15 is 0 Å². The van der Waals surface area contributed by atoms with E-state index in [4.69, 9.17) is 15.7 Å². The number of hydrogen-bond donors (Lipinski definition) is 3. The minimum atomic E-state index is 0.0645. The molecule has 0 bridgehead atoms. The molecule has 16 heavy (non-hydrogen) atoms. The molecule has 1 saturated heterocycles. The molecule has 94 valence electrons. The first-order valence-electron chi connectivity index (χ1n) is 5.72. The van der Waals surface area contributed by atoms with Gasteiger partial charge in [0.15, 0.2) is 0 Å². The molecule has 1 fully saturated rings. The van der Waals surface area contributed by atoms with Crippen LogP contribution in [-0.2, 0) is 4.74 Å². The molecule has 6 heteroatoms. The van der Waals surface area contributed by atoms with Crippen molar-refractivity contribution in [2.45, 2.75) is 6.92 Å². The summed E-state index contributed by atoms with van der Waals surface area (Å²) >= 11 is 0. The van der Waals surface area contributed by atoms with Crippen LogP contribution in [0.15, 0.2) is 5.16 Å². The second kappa shape index (κ2) is 7.43. The van der Waals surface area contributed by atoms with Crippen molar-refractivity contribution in [1.29, 1.82) is 0 Å². The fraction of sp³-hybridized carbons (Fsp3) is 0.900. The molecule has 4 N–H and O–H groups in total. The van der Waals surface area contributed by atoms with Gasteiger partial charge >= 0.3 is 0 Å². The predicted octanol–water partition coefficient (Wildman–Crippen LogP) is -0.709. The Bertz CT molecular complexity index is 217. The van der Waals surface area contributed by atoms with Crippen molar-refractivity contribution >= 4 is 5.84 Å². The van der Waals surface area contributed by atoms with Crippen LogP contribution in [0, 0.1) is 5.92 Å². The number of nitrogens with two attached hydrogens (primary N) is 1. The Kier molecular flexibility index (Phi) is 6.14. The second-order valence-corrected chi connectivity index (χ2v) is 4.08. The normalized spacial score (nSPS) is 20.9. The van der Waals surface area contributed by atoms with Crippen molar-refractivity contribution < 1.29 is 9.94 Å². The van der Waals surface area contributed by atoms with Crippen LogP contribution in [0.25, 0.3) is 0 Å². The first-order valence-corrected chi connectivity index (χ1v) is 5.72. The highest BCUT2D eigenvalue weighted by molar-refractivity contribution is 5.82. The monoisotopic (exact) mass is 230 g/mol. The Morgan fingerprint density at radius 1 is 1.56 bits per heavy atom. The Balaban J connectivity index is 2.02. The van der Waals surface area contributed by atoms with Crippen LogP contribution in [-0.4, -0.2) is 61.9 Å². The summed E-state index contributed by atoms with van der Waals surface area (Å²) in [6.45, 7) is 8.29. The van der Waals surface area contributed by atoms with Gasteiger partial charge in [0, 0.05) is 38.6 Å². The van der Waals surface area contributed by atoms with E-state index < -0.39 is 0 Å². The van der Waals surface area contributed by atoms with Gasteiger partial charge in [-0.2, -0.15) is 0 Å². The average Bonchev–Trinajstić information content (AvgIpc) is 2.34. The maximum absolute atomic E-state index is 8.48. The summed E-state index contributed by atoms with van der Waals surface area (Å²) in [6.07, 6.45) is 0. The highest BCUT2D eigenvalue weighted by Gasteiger charge is 2.10. The zero-order chi connectivity index (χ0) is 11.8. The maximum Gasteiger partial charge on any atom is 0.143 e. The summed E-state index contributed by atoms with van der Waals surface area (Å²) in [4.78, 5) is 2.37. The molecule has 0 saturated carbocycles. The van der Waals surface area contributed by atoms with Gasteiger partial charge in [0.05, 0.1) is 13.2 Å². The number of hydrogen-bond acceptors (Lipinski definition) is 5. The highest BCUT2D eigenvalue weighted by Crippen LogP contribution is 1.95. The van der Waals surface area contributed by atoms with Gasteiger partial charge in [0.2, 0.25) is 0 Å². The van der Waals surface area contributed by atoms with Crippen molar-refractivity contribution in [1.82, 2.24) is 10.2 Å².